The van der Waals surface area contributed by atoms with Crippen LogP contribution in [0.25, 0.3) is 10.8 Å². The quantitative estimate of drug-likeness (QED) is 0.375. The van der Waals surface area contributed by atoms with E-state index in [9.17, 15) is 0 Å². The van der Waals surface area contributed by atoms with Crippen LogP contribution in [0, 0.1) is 0 Å². The van der Waals surface area contributed by atoms with E-state index in [1.807, 2.05) is 0 Å². The van der Waals surface area contributed by atoms with Crippen LogP contribution in [0.2, 0.25) is 0 Å². The van der Waals surface area contributed by atoms with Gasteiger partial charge in [0.25, 0.3) is 0 Å². The minimum Gasteiger partial charge on any atom is -0.372 e. The number of hydrogen-bond donors (Lipinski definition) is 0. The highest BCUT2D eigenvalue weighted by Crippen LogP contribution is 2.28. The van der Waals surface area contributed by atoms with Crippen LogP contribution >= 0.6 is 12.2 Å². The molecule has 0 amide bonds. The molecule has 2 aromatic rings. The van der Waals surface area contributed by atoms with Crippen molar-refractivity contribution in [2.75, 3.05) is 14.1 Å². The molecule has 0 bridgehead atoms. The Morgan fingerprint density at radius 3 is 2.29 bits per heavy atom. The summed E-state index contributed by atoms with van der Waals surface area (Å²) in [5.74, 6) is 0.353. The van der Waals surface area contributed by atoms with Crippen molar-refractivity contribution in [3.8, 4) is 0 Å². The van der Waals surface area contributed by atoms with E-state index in [0.717, 1.165) is 11.4 Å². The van der Waals surface area contributed by atoms with Gasteiger partial charge in [0.15, 0.2) is 0 Å². The van der Waals surface area contributed by atoms with Gasteiger partial charge in [-0.3, -0.25) is 0 Å². The van der Waals surface area contributed by atoms with Gasteiger partial charge in [-0.2, -0.15) is 0 Å². The van der Waals surface area contributed by atoms with Crippen molar-refractivity contribution < 1.29 is 0 Å². The monoisotopic (exact) mass is 341 g/mol. The molecule has 2 heteroatoms. The Morgan fingerprint density at radius 2 is 1.58 bits per heavy atom. The molecular formula is C22H31NS. The lowest BCUT2D eigenvalue weighted by atomic mass is 9.90. The van der Waals surface area contributed by atoms with Gasteiger partial charge in [0.1, 0.15) is 0 Å². The fraction of sp³-hybridized carbons (Fsp3) is 0.500. The standard InChI is InChI=1S/C22H31NS/c1-4-5-6-7-8-9-14-21(22(24)23(2)3)20-16-15-18-12-10-11-13-19(18)17-20/h10-13,15-17,21H,4-9,14H2,1-3H3. The summed E-state index contributed by atoms with van der Waals surface area (Å²) in [6.45, 7) is 2.27. The first-order valence-electron chi connectivity index (χ1n) is 9.33. The van der Waals surface area contributed by atoms with Crippen LogP contribution in [0.15, 0.2) is 42.5 Å². The molecule has 0 radical (unpaired) electrons. The second kappa shape index (κ2) is 9.78. The third-order valence-corrected chi connectivity index (χ3v) is 5.41. The summed E-state index contributed by atoms with van der Waals surface area (Å²) in [5.41, 5.74) is 1.36. The molecule has 0 aliphatic heterocycles. The van der Waals surface area contributed by atoms with Crippen LogP contribution in [0.1, 0.15) is 63.4 Å². The first-order valence-corrected chi connectivity index (χ1v) is 9.74. The minimum absolute atomic E-state index is 0.353. The molecule has 2 aromatic carbocycles. The largest absolute Gasteiger partial charge is 0.372 e. The topological polar surface area (TPSA) is 3.24 Å². The molecule has 0 aliphatic carbocycles. The van der Waals surface area contributed by atoms with E-state index in [-0.39, 0.29) is 0 Å². The van der Waals surface area contributed by atoms with E-state index in [4.69, 9.17) is 12.2 Å². The van der Waals surface area contributed by atoms with E-state index >= 15 is 0 Å². The summed E-state index contributed by atoms with van der Waals surface area (Å²) in [5, 5.41) is 2.61. The van der Waals surface area contributed by atoms with E-state index in [1.54, 1.807) is 0 Å². The molecule has 24 heavy (non-hydrogen) atoms. The van der Waals surface area contributed by atoms with Crippen LogP contribution in [0.3, 0.4) is 0 Å². The smallest absolute Gasteiger partial charge is 0.0849 e. The molecule has 0 fully saturated rings. The lowest BCUT2D eigenvalue weighted by Crippen LogP contribution is -2.26. The Bertz CT molecular complexity index is 647. The molecule has 1 atom stereocenters. The highest BCUT2D eigenvalue weighted by Gasteiger charge is 2.18. The Balaban J connectivity index is 2.08. The van der Waals surface area contributed by atoms with E-state index in [2.05, 4.69) is 68.4 Å². The number of thiocarbonyl (C=S) groups is 1. The van der Waals surface area contributed by atoms with Gasteiger partial charge in [0, 0.05) is 20.0 Å². The first-order chi connectivity index (χ1) is 11.6. The third-order valence-electron chi connectivity index (χ3n) is 4.76. The maximum Gasteiger partial charge on any atom is 0.0849 e. The average molecular weight is 342 g/mol. The summed E-state index contributed by atoms with van der Waals surface area (Å²) in [6.07, 6.45) is 9.13. The fourth-order valence-corrected chi connectivity index (χ4v) is 3.55. The van der Waals surface area contributed by atoms with Crippen molar-refractivity contribution in [2.45, 2.75) is 57.8 Å². The molecule has 0 saturated carbocycles. The maximum absolute atomic E-state index is 5.75. The molecule has 0 aromatic heterocycles. The van der Waals surface area contributed by atoms with Crippen LogP contribution in [-0.2, 0) is 0 Å². The highest BCUT2D eigenvalue weighted by atomic mass is 32.1. The number of hydrogen-bond acceptors (Lipinski definition) is 1. The fourth-order valence-electron chi connectivity index (χ4n) is 3.30. The second-order valence-electron chi connectivity index (χ2n) is 6.95. The number of fused-ring (bicyclic) bond motifs is 1. The van der Waals surface area contributed by atoms with Gasteiger partial charge in [-0.15, -0.1) is 0 Å². The number of unbranched alkanes of at least 4 members (excludes halogenated alkanes) is 5. The van der Waals surface area contributed by atoms with Gasteiger partial charge in [-0.05, 0) is 22.8 Å². The molecule has 0 saturated heterocycles. The van der Waals surface area contributed by atoms with Gasteiger partial charge < -0.3 is 4.90 Å². The molecule has 130 valence electrons. The summed E-state index contributed by atoms with van der Waals surface area (Å²) in [4.78, 5) is 3.16. The molecule has 0 heterocycles. The Morgan fingerprint density at radius 1 is 0.917 bits per heavy atom. The molecule has 0 spiro atoms. The van der Waals surface area contributed by atoms with Crippen LogP contribution in [0.4, 0.5) is 0 Å². The van der Waals surface area contributed by atoms with Gasteiger partial charge in [-0.25, -0.2) is 0 Å². The predicted octanol–water partition coefficient (Wildman–Crippen LogP) is 6.56. The number of likely N-dealkylation sites (N-methyl/N-ethyl adjacent to an activating group) is 1. The summed E-state index contributed by atoms with van der Waals surface area (Å²) in [6, 6.07) is 15.4. The Labute approximate surface area is 153 Å². The van der Waals surface area contributed by atoms with Crippen molar-refractivity contribution >= 4 is 28.0 Å². The zero-order valence-corrected chi connectivity index (χ0v) is 16.2. The van der Waals surface area contributed by atoms with Crippen LogP contribution in [0.5, 0.6) is 0 Å². The Kier molecular flexibility index (Phi) is 7.71. The van der Waals surface area contributed by atoms with E-state index < -0.39 is 0 Å². The van der Waals surface area contributed by atoms with Crippen molar-refractivity contribution in [2.24, 2.45) is 0 Å². The highest BCUT2D eigenvalue weighted by molar-refractivity contribution is 7.80. The van der Waals surface area contributed by atoms with Crippen molar-refractivity contribution in [1.29, 1.82) is 0 Å². The molecule has 1 unspecified atom stereocenters. The van der Waals surface area contributed by atoms with Gasteiger partial charge in [0.05, 0.1) is 4.99 Å². The van der Waals surface area contributed by atoms with Crippen molar-refractivity contribution in [3.63, 3.8) is 0 Å². The number of benzene rings is 2. The molecule has 0 N–H and O–H groups in total. The van der Waals surface area contributed by atoms with Crippen molar-refractivity contribution in [1.82, 2.24) is 4.90 Å². The lowest BCUT2D eigenvalue weighted by molar-refractivity contribution is 0.550. The minimum atomic E-state index is 0.353. The maximum atomic E-state index is 5.75. The Hall–Kier alpha value is -1.41. The normalized spacial score (nSPS) is 12.3. The zero-order chi connectivity index (χ0) is 17.4. The van der Waals surface area contributed by atoms with Gasteiger partial charge in [-0.1, -0.05) is 100 Å². The molecule has 1 nitrogen and oxygen atoms in total. The SMILES string of the molecule is CCCCCCCCC(C(=S)N(C)C)c1ccc2ccccc2c1. The zero-order valence-electron chi connectivity index (χ0n) is 15.4. The average Bonchev–Trinajstić information content (AvgIpc) is 2.60. The first kappa shape index (κ1) is 18.9. The van der Waals surface area contributed by atoms with Crippen molar-refractivity contribution in [3.05, 3.63) is 48.0 Å². The summed E-state index contributed by atoms with van der Waals surface area (Å²) in [7, 11) is 4.13. The molecule has 2 rings (SSSR count). The van der Waals surface area contributed by atoms with E-state index in [0.29, 0.717) is 5.92 Å². The van der Waals surface area contributed by atoms with Gasteiger partial charge >= 0.3 is 0 Å². The summed E-state index contributed by atoms with van der Waals surface area (Å²) < 4.78 is 0. The molecule has 0 aliphatic rings. The summed E-state index contributed by atoms with van der Waals surface area (Å²) >= 11 is 5.75. The third kappa shape index (κ3) is 5.31. The van der Waals surface area contributed by atoms with Crippen LogP contribution in [-0.4, -0.2) is 24.0 Å². The second-order valence-corrected chi connectivity index (χ2v) is 7.37. The van der Waals surface area contributed by atoms with Gasteiger partial charge in [0.2, 0.25) is 0 Å². The van der Waals surface area contributed by atoms with E-state index in [1.165, 1.54) is 54.9 Å². The number of nitrogens with zero attached hydrogens (tertiary/aromatic N) is 1. The lowest BCUT2D eigenvalue weighted by Gasteiger charge is -2.24. The van der Waals surface area contributed by atoms with Crippen LogP contribution < -0.4 is 0 Å². The predicted molar refractivity (Wildman–Crippen MR) is 111 cm³/mol. The number of rotatable bonds is 9. The molecular weight excluding hydrogens is 310 g/mol.